The predicted molar refractivity (Wildman–Crippen MR) is 116 cm³/mol. The molecule has 7 heteroatoms. The van der Waals surface area contributed by atoms with Gasteiger partial charge in [0.15, 0.2) is 0 Å². The van der Waals surface area contributed by atoms with E-state index in [0.717, 1.165) is 24.2 Å². The molecule has 154 valence electrons. The lowest BCUT2D eigenvalue weighted by Gasteiger charge is -2.28. The van der Waals surface area contributed by atoms with E-state index in [1.165, 1.54) is 35.5 Å². The highest BCUT2D eigenvalue weighted by atomic mass is 32.2. The summed E-state index contributed by atoms with van der Waals surface area (Å²) in [6.45, 7) is 3.09. The van der Waals surface area contributed by atoms with E-state index in [1.807, 2.05) is 6.07 Å². The minimum Gasteiger partial charge on any atom is -0.372 e. The van der Waals surface area contributed by atoms with Crippen molar-refractivity contribution in [1.82, 2.24) is 5.32 Å². The number of carbonyl (C=O) groups excluding carboxylic acids is 1. The SMILES string of the molecule is CS(=O)(=O)N1CCc2ccc(C(=O)NCc3ccc(N4CCCCC4)cc3)cc21. The molecular formula is C22H27N3O3S. The van der Waals surface area contributed by atoms with Crippen LogP contribution in [0.25, 0.3) is 0 Å². The van der Waals surface area contributed by atoms with Crippen molar-refractivity contribution in [2.24, 2.45) is 0 Å². The van der Waals surface area contributed by atoms with Crippen LogP contribution in [0.2, 0.25) is 0 Å². The van der Waals surface area contributed by atoms with E-state index in [2.05, 4.69) is 34.5 Å². The zero-order valence-electron chi connectivity index (χ0n) is 16.7. The molecule has 1 N–H and O–H groups in total. The molecule has 0 saturated carbocycles. The second-order valence-corrected chi connectivity index (χ2v) is 9.73. The largest absolute Gasteiger partial charge is 0.372 e. The minimum absolute atomic E-state index is 0.201. The Kier molecular flexibility index (Phi) is 5.50. The van der Waals surface area contributed by atoms with Gasteiger partial charge in [0.05, 0.1) is 11.9 Å². The number of carbonyl (C=O) groups is 1. The number of benzene rings is 2. The van der Waals surface area contributed by atoms with Crippen LogP contribution >= 0.6 is 0 Å². The molecule has 1 fully saturated rings. The fourth-order valence-electron chi connectivity index (χ4n) is 4.10. The van der Waals surface area contributed by atoms with Crippen molar-refractivity contribution in [3.63, 3.8) is 0 Å². The van der Waals surface area contributed by atoms with E-state index in [-0.39, 0.29) is 5.91 Å². The number of rotatable bonds is 5. The molecule has 0 bridgehead atoms. The lowest BCUT2D eigenvalue weighted by Crippen LogP contribution is -2.29. The number of sulfonamides is 1. The van der Waals surface area contributed by atoms with Crippen LogP contribution in [0.15, 0.2) is 42.5 Å². The van der Waals surface area contributed by atoms with Crippen LogP contribution in [0, 0.1) is 0 Å². The Bertz CT molecular complexity index is 996. The molecule has 6 nitrogen and oxygen atoms in total. The lowest BCUT2D eigenvalue weighted by molar-refractivity contribution is 0.0951. The van der Waals surface area contributed by atoms with Crippen LogP contribution in [-0.4, -0.2) is 40.2 Å². The Morgan fingerprint density at radius 2 is 1.72 bits per heavy atom. The summed E-state index contributed by atoms with van der Waals surface area (Å²) < 4.78 is 25.3. The molecule has 2 aromatic carbocycles. The van der Waals surface area contributed by atoms with Gasteiger partial charge in [-0.05, 0) is 61.1 Å². The molecule has 0 aliphatic carbocycles. The van der Waals surface area contributed by atoms with Crippen LogP contribution in [0.4, 0.5) is 11.4 Å². The Morgan fingerprint density at radius 1 is 1.00 bits per heavy atom. The summed E-state index contributed by atoms with van der Waals surface area (Å²) in [4.78, 5) is 15.0. The average molecular weight is 414 g/mol. The lowest BCUT2D eigenvalue weighted by atomic mass is 10.1. The van der Waals surface area contributed by atoms with Gasteiger partial charge in [-0.25, -0.2) is 8.42 Å². The molecule has 1 amide bonds. The first-order valence-corrected chi connectivity index (χ1v) is 12.0. The molecule has 1 saturated heterocycles. The van der Waals surface area contributed by atoms with Crippen molar-refractivity contribution in [2.75, 3.05) is 35.1 Å². The van der Waals surface area contributed by atoms with Gasteiger partial charge in [0.1, 0.15) is 0 Å². The van der Waals surface area contributed by atoms with Gasteiger partial charge in [0.2, 0.25) is 10.0 Å². The number of nitrogens with zero attached hydrogens (tertiary/aromatic N) is 2. The van der Waals surface area contributed by atoms with Crippen molar-refractivity contribution in [1.29, 1.82) is 0 Å². The van der Waals surface area contributed by atoms with Gasteiger partial charge >= 0.3 is 0 Å². The standard InChI is InChI=1S/C22H27N3O3S/c1-29(27,28)25-14-11-18-7-8-19(15-21(18)25)22(26)23-16-17-5-9-20(10-6-17)24-12-3-2-4-13-24/h5-10,15H,2-4,11-14,16H2,1H3,(H,23,26). The number of fused-ring (bicyclic) bond motifs is 1. The first-order valence-electron chi connectivity index (χ1n) is 10.1. The Labute approximate surface area is 172 Å². The van der Waals surface area contributed by atoms with Crippen molar-refractivity contribution < 1.29 is 13.2 Å². The van der Waals surface area contributed by atoms with Crippen molar-refractivity contribution in [3.8, 4) is 0 Å². The fourth-order valence-corrected chi connectivity index (χ4v) is 5.05. The van der Waals surface area contributed by atoms with E-state index < -0.39 is 10.0 Å². The third-order valence-corrected chi connectivity index (χ3v) is 6.89. The number of hydrogen-bond donors (Lipinski definition) is 1. The van der Waals surface area contributed by atoms with Gasteiger partial charge in [-0.3, -0.25) is 9.10 Å². The Balaban J connectivity index is 1.40. The summed E-state index contributed by atoms with van der Waals surface area (Å²) in [6.07, 6.45) is 5.67. The zero-order chi connectivity index (χ0) is 20.4. The molecular weight excluding hydrogens is 386 g/mol. The molecule has 0 radical (unpaired) electrons. The predicted octanol–water partition coefficient (Wildman–Crippen LogP) is 2.93. The summed E-state index contributed by atoms with van der Waals surface area (Å²) in [5.41, 5.74) is 4.33. The van der Waals surface area contributed by atoms with E-state index in [9.17, 15) is 13.2 Å². The second kappa shape index (κ2) is 8.06. The highest BCUT2D eigenvalue weighted by Gasteiger charge is 2.27. The second-order valence-electron chi connectivity index (χ2n) is 7.83. The minimum atomic E-state index is -3.33. The molecule has 0 aromatic heterocycles. The Morgan fingerprint density at radius 3 is 2.41 bits per heavy atom. The van der Waals surface area contributed by atoms with E-state index in [0.29, 0.717) is 30.8 Å². The van der Waals surface area contributed by atoms with Crippen molar-refractivity contribution >= 4 is 27.3 Å². The van der Waals surface area contributed by atoms with Crippen LogP contribution in [-0.2, 0) is 23.0 Å². The maximum Gasteiger partial charge on any atom is 0.251 e. The number of amides is 1. The molecule has 2 aromatic rings. The van der Waals surface area contributed by atoms with Gasteiger partial charge in [-0.15, -0.1) is 0 Å². The first kappa shape index (κ1) is 19.8. The van der Waals surface area contributed by atoms with Crippen molar-refractivity contribution in [2.45, 2.75) is 32.2 Å². The number of hydrogen-bond acceptors (Lipinski definition) is 4. The molecule has 0 atom stereocenters. The maximum absolute atomic E-state index is 12.6. The summed E-state index contributed by atoms with van der Waals surface area (Å²) in [6, 6.07) is 13.6. The molecule has 2 aliphatic rings. The molecule has 0 unspecified atom stereocenters. The maximum atomic E-state index is 12.6. The van der Waals surface area contributed by atoms with Crippen LogP contribution in [0.5, 0.6) is 0 Å². The van der Waals surface area contributed by atoms with Crippen molar-refractivity contribution in [3.05, 3.63) is 59.2 Å². The highest BCUT2D eigenvalue weighted by Crippen LogP contribution is 2.31. The monoisotopic (exact) mass is 413 g/mol. The van der Waals surface area contributed by atoms with Crippen LogP contribution < -0.4 is 14.5 Å². The highest BCUT2D eigenvalue weighted by molar-refractivity contribution is 7.92. The van der Waals surface area contributed by atoms with Crippen LogP contribution in [0.1, 0.15) is 40.7 Å². The average Bonchev–Trinajstić information content (AvgIpc) is 3.17. The number of anilines is 2. The quantitative estimate of drug-likeness (QED) is 0.818. The number of nitrogens with one attached hydrogen (secondary N) is 1. The van der Waals surface area contributed by atoms with E-state index in [4.69, 9.17) is 0 Å². The molecule has 2 heterocycles. The van der Waals surface area contributed by atoms with Crippen LogP contribution in [0.3, 0.4) is 0 Å². The van der Waals surface area contributed by atoms with Gasteiger partial charge in [0.25, 0.3) is 5.91 Å². The molecule has 2 aliphatic heterocycles. The van der Waals surface area contributed by atoms with E-state index >= 15 is 0 Å². The van der Waals surface area contributed by atoms with Gasteiger partial charge in [-0.1, -0.05) is 18.2 Å². The third kappa shape index (κ3) is 4.40. The summed E-state index contributed by atoms with van der Waals surface area (Å²) in [5.74, 6) is -0.201. The number of piperidine rings is 1. The molecule has 29 heavy (non-hydrogen) atoms. The Hall–Kier alpha value is -2.54. The molecule has 4 rings (SSSR count). The van der Waals surface area contributed by atoms with Gasteiger partial charge in [0, 0.05) is 37.4 Å². The summed E-state index contributed by atoms with van der Waals surface area (Å²) in [5, 5.41) is 2.94. The summed E-state index contributed by atoms with van der Waals surface area (Å²) in [7, 11) is -3.33. The topological polar surface area (TPSA) is 69.7 Å². The fraction of sp³-hybridized carbons (Fsp3) is 0.409. The first-order chi connectivity index (χ1) is 13.9. The smallest absolute Gasteiger partial charge is 0.251 e. The van der Waals surface area contributed by atoms with Gasteiger partial charge < -0.3 is 10.2 Å². The van der Waals surface area contributed by atoms with E-state index in [1.54, 1.807) is 12.1 Å². The van der Waals surface area contributed by atoms with Gasteiger partial charge in [-0.2, -0.15) is 0 Å². The zero-order valence-corrected chi connectivity index (χ0v) is 17.5. The summed E-state index contributed by atoms with van der Waals surface area (Å²) >= 11 is 0. The normalized spacial score (nSPS) is 16.6. The third-order valence-electron chi connectivity index (χ3n) is 5.71. The molecule has 0 spiro atoms.